The fourth-order valence-electron chi connectivity index (χ4n) is 3.98. The van der Waals surface area contributed by atoms with E-state index in [1.165, 1.54) is 19.6 Å². The minimum Gasteiger partial charge on any atom is -0.496 e. The van der Waals surface area contributed by atoms with Crippen LogP contribution >= 0.6 is 0 Å². The lowest BCUT2D eigenvalue weighted by Gasteiger charge is -2.51. The van der Waals surface area contributed by atoms with Gasteiger partial charge in [-0.3, -0.25) is 0 Å². The highest BCUT2D eigenvalue weighted by Gasteiger charge is 2.47. The van der Waals surface area contributed by atoms with Crippen LogP contribution in [0.4, 0.5) is 4.39 Å². The number of rotatable bonds is 2. The highest BCUT2D eigenvalue weighted by Crippen LogP contribution is 2.46. The summed E-state index contributed by atoms with van der Waals surface area (Å²) in [5, 5.41) is 11.1. The molecular weight excluding hydrogens is 257 g/mol. The van der Waals surface area contributed by atoms with Crippen molar-refractivity contribution in [2.45, 2.75) is 49.8 Å². The molecule has 0 spiro atoms. The number of fused-ring (bicyclic) bond motifs is 2. The minimum atomic E-state index is -1.11. The van der Waals surface area contributed by atoms with E-state index in [0.29, 0.717) is 36.2 Å². The zero-order valence-electron chi connectivity index (χ0n) is 12.1. The second kappa shape index (κ2) is 5.01. The Morgan fingerprint density at radius 1 is 1.30 bits per heavy atom. The second-order valence-corrected chi connectivity index (χ2v) is 6.16. The molecule has 3 nitrogen and oxygen atoms in total. The molecule has 0 amide bonds. The van der Waals surface area contributed by atoms with Gasteiger partial charge in [0.15, 0.2) is 0 Å². The topological polar surface area (TPSA) is 32.7 Å². The number of hydrogen-bond acceptors (Lipinski definition) is 3. The number of aliphatic hydroxyl groups is 1. The molecule has 2 heterocycles. The summed E-state index contributed by atoms with van der Waals surface area (Å²) in [6, 6.07) is 5.42. The van der Waals surface area contributed by atoms with Gasteiger partial charge in [0.1, 0.15) is 11.6 Å². The summed E-state index contributed by atoms with van der Waals surface area (Å²) in [5.74, 6) is 0.0876. The Kier molecular flexibility index (Phi) is 3.46. The van der Waals surface area contributed by atoms with Crippen LogP contribution in [0.15, 0.2) is 18.2 Å². The molecule has 1 aromatic rings. The van der Waals surface area contributed by atoms with E-state index < -0.39 is 5.60 Å². The first-order valence-electron chi connectivity index (χ1n) is 7.32. The molecule has 2 unspecified atom stereocenters. The fraction of sp³-hybridized carbons (Fsp3) is 0.625. The Hall–Kier alpha value is -1.13. The largest absolute Gasteiger partial charge is 0.496 e. The predicted octanol–water partition coefficient (Wildman–Crippen LogP) is 2.67. The van der Waals surface area contributed by atoms with Crippen molar-refractivity contribution in [3.8, 4) is 5.75 Å². The number of halogens is 1. The van der Waals surface area contributed by atoms with E-state index in [-0.39, 0.29) is 5.82 Å². The summed E-state index contributed by atoms with van der Waals surface area (Å²) in [4.78, 5) is 2.35. The van der Waals surface area contributed by atoms with Crippen LogP contribution in [0, 0.1) is 5.82 Å². The van der Waals surface area contributed by atoms with Crippen molar-refractivity contribution < 1.29 is 14.2 Å². The van der Waals surface area contributed by atoms with Crippen LogP contribution in [0.3, 0.4) is 0 Å². The summed E-state index contributed by atoms with van der Waals surface area (Å²) in [5.41, 5.74) is -0.772. The highest BCUT2D eigenvalue weighted by atomic mass is 19.1. The highest BCUT2D eigenvalue weighted by molar-refractivity contribution is 5.40. The zero-order chi connectivity index (χ0) is 14.3. The maximum absolute atomic E-state index is 14.3. The van der Waals surface area contributed by atoms with E-state index in [9.17, 15) is 9.50 Å². The van der Waals surface area contributed by atoms with Gasteiger partial charge in [-0.2, -0.15) is 0 Å². The third-order valence-electron chi connectivity index (χ3n) is 5.03. The number of nitrogens with zero attached hydrogens (tertiary/aromatic N) is 1. The molecule has 110 valence electrons. The van der Waals surface area contributed by atoms with E-state index >= 15 is 0 Å². The van der Waals surface area contributed by atoms with Crippen LogP contribution in [0.2, 0.25) is 0 Å². The Balaban J connectivity index is 2.01. The average Bonchev–Trinajstić information content (AvgIpc) is 2.40. The first-order valence-corrected chi connectivity index (χ1v) is 7.32. The van der Waals surface area contributed by atoms with Gasteiger partial charge >= 0.3 is 0 Å². The number of ether oxygens (including phenoxy) is 1. The van der Waals surface area contributed by atoms with Crippen molar-refractivity contribution >= 4 is 0 Å². The maximum atomic E-state index is 14.3. The van der Waals surface area contributed by atoms with E-state index in [1.807, 2.05) is 0 Å². The second-order valence-electron chi connectivity index (χ2n) is 6.16. The standard InChI is InChI=1S/C16H22FNO2/c1-18-11-5-3-6-12(18)10-16(19,9-11)15-13(17)7-4-8-14(15)20-2/h4,7-8,11-12,19H,3,5-6,9-10H2,1-2H3. The molecule has 1 N–H and O–H groups in total. The van der Waals surface area contributed by atoms with Crippen LogP contribution in [-0.4, -0.2) is 36.2 Å². The molecule has 2 aliphatic rings. The van der Waals surface area contributed by atoms with E-state index in [0.717, 1.165) is 12.8 Å². The van der Waals surface area contributed by atoms with Crippen LogP contribution < -0.4 is 4.74 Å². The number of benzene rings is 1. The lowest BCUT2D eigenvalue weighted by Crippen LogP contribution is -2.55. The fourth-order valence-corrected chi connectivity index (χ4v) is 3.98. The van der Waals surface area contributed by atoms with Gasteiger partial charge in [-0.1, -0.05) is 12.5 Å². The van der Waals surface area contributed by atoms with Crippen LogP contribution in [0.1, 0.15) is 37.7 Å². The summed E-state index contributed by atoms with van der Waals surface area (Å²) in [7, 11) is 3.64. The molecule has 2 bridgehead atoms. The molecule has 4 heteroatoms. The third-order valence-corrected chi connectivity index (χ3v) is 5.03. The maximum Gasteiger partial charge on any atom is 0.133 e. The molecule has 3 rings (SSSR count). The first kappa shape index (κ1) is 13.8. The van der Waals surface area contributed by atoms with Crippen molar-refractivity contribution in [3.05, 3.63) is 29.6 Å². The normalized spacial score (nSPS) is 34.0. The Morgan fingerprint density at radius 2 is 1.95 bits per heavy atom. The zero-order valence-corrected chi connectivity index (χ0v) is 12.1. The number of hydrogen-bond donors (Lipinski definition) is 1. The monoisotopic (exact) mass is 279 g/mol. The van der Waals surface area contributed by atoms with Gasteiger partial charge in [-0.25, -0.2) is 4.39 Å². The molecule has 0 aliphatic carbocycles. The molecule has 1 aromatic carbocycles. The van der Waals surface area contributed by atoms with Crippen molar-refractivity contribution in [2.75, 3.05) is 14.2 Å². The van der Waals surface area contributed by atoms with Gasteiger partial charge in [0, 0.05) is 12.1 Å². The molecule has 2 fully saturated rings. The molecule has 20 heavy (non-hydrogen) atoms. The Bertz CT molecular complexity index is 491. The summed E-state index contributed by atoms with van der Waals surface area (Å²) in [6.07, 6.45) is 4.51. The minimum absolute atomic E-state index is 0.330. The Labute approximate surface area is 119 Å². The van der Waals surface area contributed by atoms with E-state index in [1.54, 1.807) is 12.1 Å². The molecule has 0 aromatic heterocycles. The summed E-state index contributed by atoms with van der Waals surface area (Å²) < 4.78 is 19.6. The lowest BCUT2D eigenvalue weighted by atomic mass is 9.72. The molecule has 0 radical (unpaired) electrons. The van der Waals surface area contributed by atoms with Crippen molar-refractivity contribution in [1.29, 1.82) is 0 Å². The quantitative estimate of drug-likeness (QED) is 0.903. The van der Waals surface area contributed by atoms with Crippen molar-refractivity contribution in [1.82, 2.24) is 4.90 Å². The van der Waals surface area contributed by atoms with Crippen molar-refractivity contribution in [2.24, 2.45) is 0 Å². The number of methoxy groups -OCH3 is 1. The SMILES string of the molecule is COc1cccc(F)c1C1(O)CC2CCCC(C1)N2C. The van der Waals surface area contributed by atoms with Gasteiger partial charge in [0.25, 0.3) is 0 Å². The molecule has 2 saturated heterocycles. The van der Waals surface area contributed by atoms with Crippen molar-refractivity contribution in [3.63, 3.8) is 0 Å². The van der Waals surface area contributed by atoms with Gasteiger partial charge in [-0.05, 0) is 44.9 Å². The lowest BCUT2D eigenvalue weighted by molar-refractivity contribution is -0.0901. The molecular formula is C16H22FNO2. The average molecular weight is 279 g/mol. The smallest absolute Gasteiger partial charge is 0.133 e. The van der Waals surface area contributed by atoms with Gasteiger partial charge in [0.05, 0.1) is 18.3 Å². The molecule has 2 aliphatic heterocycles. The van der Waals surface area contributed by atoms with Gasteiger partial charge in [-0.15, -0.1) is 0 Å². The van der Waals surface area contributed by atoms with Crippen LogP contribution in [-0.2, 0) is 5.60 Å². The molecule has 2 atom stereocenters. The third kappa shape index (κ3) is 2.11. The first-order chi connectivity index (χ1) is 9.55. The summed E-state index contributed by atoms with van der Waals surface area (Å²) >= 11 is 0. The molecule has 0 saturated carbocycles. The van der Waals surface area contributed by atoms with Crippen LogP contribution in [0.25, 0.3) is 0 Å². The summed E-state index contributed by atoms with van der Waals surface area (Å²) in [6.45, 7) is 0. The van der Waals surface area contributed by atoms with Gasteiger partial charge in [0.2, 0.25) is 0 Å². The van der Waals surface area contributed by atoms with Gasteiger partial charge < -0.3 is 14.7 Å². The van der Waals surface area contributed by atoms with E-state index in [2.05, 4.69) is 11.9 Å². The Morgan fingerprint density at radius 3 is 2.55 bits per heavy atom. The predicted molar refractivity (Wildman–Crippen MR) is 75.3 cm³/mol. The van der Waals surface area contributed by atoms with E-state index in [4.69, 9.17) is 4.74 Å². The van der Waals surface area contributed by atoms with Crippen LogP contribution in [0.5, 0.6) is 5.75 Å². The number of piperidine rings is 2.